The fraction of sp³-hybridized carbons (Fsp3) is 0.188. The third-order valence-electron chi connectivity index (χ3n) is 2.85. The SMILES string of the molecule is Cc1ccc(NC(=O)CCNC(=O)c2ccccc2)nc1. The third-order valence-corrected chi connectivity index (χ3v) is 2.85. The van der Waals surface area contributed by atoms with Gasteiger partial charge in [-0.05, 0) is 30.7 Å². The zero-order chi connectivity index (χ0) is 15.1. The van der Waals surface area contributed by atoms with Gasteiger partial charge in [-0.3, -0.25) is 9.59 Å². The fourth-order valence-corrected chi connectivity index (χ4v) is 1.73. The average molecular weight is 283 g/mol. The number of aryl methyl sites for hydroxylation is 1. The number of hydrogen-bond acceptors (Lipinski definition) is 3. The Bertz CT molecular complexity index is 609. The maximum absolute atomic E-state index is 11.8. The number of carbonyl (C=O) groups is 2. The van der Waals surface area contributed by atoms with Crippen molar-refractivity contribution in [3.8, 4) is 0 Å². The Hall–Kier alpha value is -2.69. The van der Waals surface area contributed by atoms with Gasteiger partial charge in [0.05, 0.1) is 0 Å². The number of aromatic nitrogens is 1. The molecule has 0 atom stereocenters. The Morgan fingerprint density at radius 3 is 2.52 bits per heavy atom. The summed E-state index contributed by atoms with van der Waals surface area (Å²) in [5, 5.41) is 5.39. The molecule has 0 saturated carbocycles. The van der Waals surface area contributed by atoms with Crippen molar-refractivity contribution < 1.29 is 9.59 Å². The molecule has 2 N–H and O–H groups in total. The lowest BCUT2D eigenvalue weighted by molar-refractivity contribution is -0.116. The Balaban J connectivity index is 1.74. The summed E-state index contributed by atoms with van der Waals surface area (Å²) in [6.07, 6.45) is 1.89. The molecule has 5 nitrogen and oxygen atoms in total. The normalized spacial score (nSPS) is 9.95. The second-order valence-electron chi connectivity index (χ2n) is 4.64. The van der Waals surface area contributed by atoms with E-state index >= 15 is 0 Å². The molecule has 0 bridgehead atoms. The lowest BCUT2D eigenvalue weighted by atomic mass is 10.2. The van der Waals surface area contributed by atoms with Gasteiger partial charge in [0.2, 0.25) is 5.91 Å². The summed E-state index contributed by atoms with van der Waals surface area (Å²) >= 11 is 0. The van der Waals surface area contributed by atoms with Crippen molar-refractivity contribution in [2.75, 3.05) is 11.9 Å². The molecule has 1 aromatic heterocycles. The van der Waals surface area contributed by atoms with Gasteiger partial charge in [0.1, 0.15) is 5.82 Å². The van der Waals surface area contributed by atoms with E-state index in [1.54, 1.807) is 36.5 Å². The fourth-order valence-electron chi connectivity index (χ4n) is 1.73. The molecule has 5 heteroatoms. The maximum Gasteiger partial charge on any atom is 0.251 e. The molecule has 0 radical (unpaired) electrons. The summed E-state index contributed by atoms with van der Waals surface area (Å²) in [5.41, 5.74) is 1.61. The number of nitrogens with one attached hydrogen (secondary N) is 2. The summed E-state index contributed by atoms with van der Waals surface area (Å²) in [6.45, 7) is 2.21. The van der Waals surface area contributed by atoms with E-state index in [0.717, 1.165) is 5.56 Å². The highest BCUT2D eigenvalue weighted by Gasteiger charge is 2.06. The molecule has 1 aromatic carbocycles. The Kier molecular flexibility index (Phi) is 5.04. The van der Waals surface area contributed by atoms with Crippen LogP contribution in [0.25, 0.3) is 0 Å². The molecule has 2 aromatic rings. The van der Waals surface area contributed by atoms with Crippen molar-refractivity contribution in [2.24, 2.45) is 0 Å². The van der Waals surface area contributed by atoms with Crippen LogP contribution in [-0.2, 0) is 4.79 Å². The molecule has 2 rings (SSSR count). The maximum atomic E-state index is 11.8. The van der Waals surface area contributed by atoms with Gasteiger partial charge in [0.15, 0.2) is 0 Å². The minimum absolute atomic E-state index is 0.181. The first-order valence-electron chi connectivity index (χ1n) is 6.71. The lowest BCUT2D eigenvalue weighted by Crippen LogP contribution is -2.27. The Labute approximate surface area is 123 Å². The average Bonchev–Trinajstić information content (AvgIpc) is 2.50. The summed E-state index contributed by atoms with van der Waals surface area (Å²) in [7, 11) is 0. The molecular formula is C16H17N3O2. The number of pyridine rings is 1. The molecule has 2 amide bonds. The Morgan fingerprint density at radius 1 is 1.10 bits per heavy atom. The van der Waals surface area contributed by atoms with Crippen LogP contribution in [0.3, 0.4) is 0 Å². The van der Waals surface area contributed by atoms with Gasteiger partial charge in [-0.25, -0.2) is 4.98 Å². The van der Waals surface area contributed by atoms with E-state index in [1.807, 2.05) is 19.1 Å². The quantitative estimate of drug-likeness (QED) is 0.883. The van der Waals surface area contributed by atoms with E-state index in [0.29, 0.717) is 11.4 Å². The summed E-state index contributed by atoms with van der Waals surface area (Å²) < 4.78 is 0. The van der Waals surface area contributed by atoms with Gasteiger partial charge in [-0.1, -0.05) is 24.3 Å². The van der Waals surface area contributed by atoms with Crippen LogP contribution in [-0.4, -0.2) is 23.3 Å². The number of rotatable bonds is 5. The van der Waals surface area contributed by atoms with Crippen molar-refractivity contribution in [1.82, 2.24) is 10.3 Å². The molecule has 0 spiro atoms. The van der Waals surface area contributed by atoms with Crippen LogP contribution >= 0.6 is 0 Å². The number of anilines is 1. The molecular weight excluding hydrogens is 266 g/mol. The number of amides is 2. The summed E-state index contributed by atoms with van der Waals surface area (Å²) in [6, 6.07) is 12.5. The van der Waals surface area contributed by atoms with E-state index < -0.39 is 0 Å². The minimum atomic E-state index is -0.183. The van der Waals surface area contributed by atoms with Gasteiger partial charge in [0.25, 0.3) is 5.91 Å². The van der Waals surface area contributed by atoms with Crippen LogP contribution in [0.2, 0.25) is 0 Å². The van der Waals surface area contributed by atoms with Gasteiger partial charge in [-0.15, -0.1) is 0 Å². The van der Waals surface area contributed by atoms with Crippen LogP contribution in [0.5, 0.6) is 0 Å². The van der Waals surface area contributed by atoms with E-state index in [9.17, 15) is 9.59 Å². The third kappa shape index (κ3) is 4.72. The Morgan fingerprint density at radius 2 is 1.86 bits per heavy atom. The van der Waals surface area contributed by atoms with Crippen molar-refractivity contribution in [2.45, 2.75) is 13.3 Å². The summed E-state index contributed by atoms with van der Waals surface area (Å²) in [5.74, 6) is 0.150. The highest BCUT2D eigenvalue weighted by Crippen LogP contribution is 2.04. The molecule has 108 valence electrons. The monoisotopic (exact) mass is 283 g/mol. The van der Waals surface area contributed by atoms with E-state index in [1.165, 1.54) is 0 Å². The second-order valence-corrected chi connectivity index (χ2v) is 4.64. The first-order chi connectivity index (χ1) is 10.1. The predicted octanol–water partition coefficient (Wildman–Crippen LogP) is 2.15. The number of hydrogen-bond donors (Lipinski definition) is 2. The molecule has 0 saturated heterocycles. The number of nitrogens with zero attached hydrogens (tertiary/aromatic N) is 1. The zero-order valence-electron chi connectivity index (χ0n) is 11.8. The first kappa shape index (κ1) is 14.7. The molecule has 0 unspecified atom stereocenters. The van der Waals surface area contributed by atoms with Crippen LogP contribution < -0.4 is 10.6 Å². The van der Waals surface area contributed by atoms with Gasteiger partial charge < -0.3 is 10.6 Å². The molecule has 0 aliphatic heterocycles. The molecule has 1 heterocycles. The lowest BCUT2D eigenvalue weighted by Gasteiger charge is -2.06. The largest absolute Gasteiger partial charge is 0.352 e. The predicted molar refractivity (Wildman–Crippen MR) is 81.0 cm³/mol. The summed E-state index contributed by atoms with van der Waals surface area (Å²) in [4.78, 5) is 27.6. The van der Waals surface area contributed by atoms with Crippen molar-refractivity contribution in [3.05, 3.63) is 59.8 Å². The highest BCUT2D eigenvalue weighted by atomic mass is 16.2. The first-order valence-corrected chi connectivity index (χ1v) is 6.71. The minimum Gasteiger partial charge on any atom is -0.352 e. The van der Waals surface area contributed by atoms with Crippen LogP contribution in [0.4, 0.5) is 5.82 Å². The van der Waals surface area contributed by atoms with Gasteiger partial charge in [0, 0.05) is 24.7 Å². The van der Waals surface area contributed by atoms with E-state index in [4.69, 9.17) is 0 Å². The van der Waals surface area contributed by atoms with Crippen LogP contribution in [0, 0.1) is 6.92 Å². The topological polar surface area (TPSA) is 71.1 Å². The van der Waals surface area contributed by atoms with Gasteiger partial charge in [-0.2, -0.15) is 0 Å². The van der Waals surface area contributed by atoms with Crippen molar-refractivity contribution >= 4 is 17.6 Å². The zero-order valence-corrected chi connectivity index (χ0v) is 11.8. The molecule has 21 heavy (non-hydrogen) atoms. The van der Waals surface area contributed by atoms with Crippen LogP contribution in [0.1, 0.15) is 22.3 Å². The molecule has 0 aliphatic carbocycles. The smallest absolute Gasteiger partial charge is 0.251 e. The van der Waals surface area contributed by atoms with Crippen LogP contribution in [0.15, 0.2) is 48.7 Å². The number of benzene rings is 1. The molecule has 0 fully saturated rings. The van der Waals surface area contributed by atoms with E-state index in [2.05, 4.69) is 15.6 Å². The second kappa shape index (κ2) is 7.19. The molecule has 0 aliphatic rings. The van der Waals surface area contributed by atoms with Crippen molar-refractivity contribution in [3.63, 3.8) is 0 Å². The van der Waals surface area contributed by atoms with E-state index in [-0.39, 0.29) is 24.8 Å². The van der Waals surface area contributed by atoms with Crippen molar-refractivity contribution in [1.29, 1.82) is 0 Å². The highest BCUT2D eigenvalue weighted by molar-refractivity contribution is 5.95. The standard InChI is InChI=1S/C16H17N3O2/c1-12-7-8-14(18-11-12)19-15(20)9-10-17-16(21)13-5-3-2-4-6-13/h2-8,11H,9-10H2,1H3,(H,17,21)(H,18,19,20). The number of carbonyl (C=O) groups excluding carboxylic acids is 2. The van der Waals surface area contributed by atoms with Gasteiger partial charge >= 0.3 is 0 Å².